The molecule has 0 aliphatic carbocycles. The van der Waals surface area contributed by atoms with Crippen LogP contribution in [0, 0.1) is 6.92 Å². The molecule has 2 aromatic heterocycles. The van der Waals surface area contributed by atoms with Crippen LogP contribution in [0.4, 0.5) is 0 Å². The van der Waals surface area contributed by atoms with Crippen LogP contribution in [0.15, 0.2) is 18.2 Å². The molecule has 0 saturated heterocycles. The summed E-state index contributed by atoms with van der Waals surface area (Å²) in [4.78, 5) is 0. The van der Waals surface area contributed by atoms with Crippen molar-refractivity contribution < 1.29 is 0 Å². The molecular weight excluding hydrogens is 216 g/mol. The zero-order valence-electron chi connectivity index (χ0n) is 7.47. The molecular formula is C10H7ClN2S. The molecule has 0 spiro atoms. The van der Waals surface area contributed by atoms with E-state index >= 15 is 0 Å². The van der Waals surface area contributed by atoms with Crippen molar-refractivity contribution in [1.82, 2.24) is 10.2 Å². The van der Waals surface area contributed by atoms with Gasteiger partial charge >= 0.3 is 0 Å². The van der Waals surface area contributed by atoms with E-state index in [4.69, 9.17) is 11.6 Å². The Morgan fingerprint density at radius 1 is 1.43 bits per heavy atom. The standard InChI is InChI=1S/C10H7ClN2S/c1-5-10-9(13-12-5)7-4-6(11)2-3-8(7)14-10/h2-4H,1H3,(H,12,13). The predicted octanol–water partition coefficient (Wildman–Crippen LogP) is 3.74. The minimum atomic E-state index is 0.762. The summed E-state index contributed by atoms with van der Waals surface area (Å²) in [5.41, 5.74) is 2.15. The number of halogens is 1. The predicted molar refractivity (Wildman–Crippen MR) is 61.2 cm³/mol. The number of benzene rings is 1. The van der Waals surface area contributed by atoms with E-state index in [1.54, 1.807) is 11.3 Å². The van der Waals surface area contributed by atoms with E-state index in [0.29, 0.717) is 0 Å². The molecule has 0 fully saturated rings. The van der Waals surface area contributed by atoms with E-state index in [1.807, 2.05) is 25.1 Å². The maximum absolute atomic E-state index is 5.95. The highest BCUT2D eigenvalue weighted by atomic mass is 35.5. The molecule has 3 rings (SSSR count). The highest BCUT2D eigenvalue weighted by Crippen LogP contribution is 2.35. The summed E-state index contributed by atoms with van der Waals surface area (Å²) < 4.78 is 2.46. The molecule has 0 amide bonds. The number of H-pyrrole nitrogens is 1. The van der Waals surface area contributed by atoms with Crippen LogP contribution >= 0.6 is 22.9 Å². The van der Waals surface area contributed by atoms with E-state index in [-0.39, 0.29) is 0 Å². The Morgan fingerprint density at radius 3 is 3.14 bits per heavy atom. The van der Waals surface area contributed by atoms with Crippen LogP contribution in [0.2, 0.25) is 5.02 Å². The molecule has 2 heterocycles. The number of hydrogen-bond donors (Lipinski definition) is 1. The first kappa shape index (κ1) is 8.26. The van der Waals surface area contributed by atoms with Gasteiger partial charge in [0, 0.05) is 20.8 Å². The van der Waals surface area contributed by atoms with Gasteiger partial charge in [0.2, 0.25) is 0 Å². The van der Waals surface area contributed by atoms with Crippen molar-refractivity contribution >= 4 is 43.2 Å². The first-order valence-corrected chi connectivity index (χ1v) is 5.48. The number of aromatic nitrogens is 2. The largest absolute Gasteiger partial charge is 0.281 e. The summed E-state index contributed by atoms with van der Waals surface area (Å²) in [5, 5.41) is 9.16. The van der Waals surface area contributed by atoms with Gasteiger partial charge in [-0.3, -0.25) is 5.10 Å². The topological polar surface area (TPSA) is 28.7 Å². The van der Waals surface area contributed by atoms with Gasteiger partial charge in [0.15, 0.2) is 0 Å². The third kappa shape index (κ3) is 0.996. The zero-order valence-corrected chi connectivity index (χ0v) is 9.04. The van der Waals surface area contributed by atoms with Crippen LogP contribution in [-0.2, 0) is 0 Å². The third-order valence-corrected chi connectivity index (χ3v) is 3.81. The molecule has 0 radical (unpaired) electrons. The summed E-state index contributed by atoms with van der Waals surface area (Å²) >= 11 is 7.70. The monoisotopic (exact) mass is 222 g/mol. The first-order valence-electron chi connectivity index (χ1n) is 4.28. The normalized spacial score (nSPS) is 11.6. The fraction of sp³-hybridized carbons (Fsp3) is 0.100. The first-order chi connectivity index (χ1) is 6.75. The van der Waals surface area contributed by atoms with Crippen molar-refractivity contribution in [2.45, 2.75) is 6.92 Å². The number of nitrogens with one attached hydrogen (secondary N) is 1. The molecule has 3 aromatic rings. The molecule has 2 nitrogen and oxygen atoms in total. The zero-order chi connectivity index (χ0) is 9.71. The van der Waals surface area contributed by atoms with Crippen molar-refractivity contribution in [3.05, 3.63) is 28.9 Å². The minimum Gasteiger partial charge on any atom is -0.281 e. The lowest BCUT2D eigenvalue weighted by Crippen LogP contribution is -1.70. The van der Waals surface area contributed by atoms with E-state index in [9.17, 15) is 0 Å². The van der Waals surface area contributed by atoms with Crippen molar-refractivity contribution in [1.29, 1.82) is 0 Å². The van der Waals surface area contributed by atoms with Crippen LogP contribution < -0.4 is 0 Å². The molecule has 0 aliphatic heterocycles. The number of fused-ring (bicyclic) bond motifs is 3. The maximum Gasteiger partial charge on any atom is 0.111 e. The molecule has 0 aliphatic rings. The fourth-order valence-corrected chi connectivity index (χ4v) is 2.86. The maximum atomic E-state index is 5.95. The number of thiophene rings is 1. The van der Waals surface area contributed by atoms with Gasteiger partial charge in [0.25, 0.3) is 0 Å². The van der Waals surface area contributed by atoms with Crippen LogP contribution in [-0.4, -0.2) is 10.2 Å². The molecule has 0 bridgehead atoms. The average molecular weight is 223 g/mol. The Morgan fingerprint density at radius 2 is 2.29 bits per heavy atom. The lowest BCUT2D eigenvalue weighted by molar-refractivity contribution is 1.07. The number of hydrogen-bond acceptors (Lipinski definition) is 2. The van der Waals surface area contributed by atoms with Crippen molar-refractivity contribution in [2.75, 3.05) is 0 Å². The minimum absolute atomic E-state index is 0.762. The van der Waals surface area contributed by atoms with Gasteiger partial charge < -0.3 is 0 Å². The summed E-state index contributed by atoms with van der Waals surface area (Å²) in [6.07, 6.45) is 0. The Bertz CT molecular complexity index is 623. The molecule has 0 unspecified atom stereocenters. The summed E-state index contributed by atoms with van der Waals surface area (Å²) in [5.74, 6) is 0. The molecule has 14 heavy (non-hydrogen) atoms. The van der Waals surface area contributed by atoms with E-state index in [2.05, 4.69) is 10.2 Å². The second-order valence-corrected chi connectivity index (χ2v) is 4.76. The van der Waals surface area contributed by atoms with Crippen molar-refractivity contribution in [3.63, 3.8) is 0 Å². The highest BCUT2D eigenvalue weighted by molar-refractivity contribution is 7.25. The van der Waals surface area contributed by atoms with Gasteiger partial charge in [0.05, 0.1) is 4.70 Å². The number of nitrogens with zero attached hydrogens (tertiary/aromatic N) is 1. The lowest BCUT2D eigenvalue weighted by Gasteiger charge is -1.89. The quantitative estimate of drug-likeness (QED) is 0.617. The Kier molecular flexibility index (Phi) is 1.60. The van der Waals surface area contributed by atoms with Crippen LogP contribution in [0.3, 0.4) is 0 Å². The molecule has 1 N–H and O–H groups in total. The smallest absolute Gasteiger partial charge is 0.111 e. The van der Waals surface area contributed by atoms with E-state index in [1.165, 1.54) is 9.40 Å². The van der Waals surface area contributed by atoms with Gasteiger partial charge in [-0.15, -0.1) is 11.3 Å². The molecule has 0 atom stereocenters. The Hall–Kier alpha value is -1.06. The number of rotatable bonds is 0. The molecule has 0 saturated carbocycles. The molecule has 1 aromatic carbocycles. The molecule has 70 valence electrons. The lowest BCUT2D eigenvalue weighted by atomic mass is 10.2. The van der Waals surface area contributed by atoms with Gasteiger partial charge in [-0.25, -0.2) is 0 Å². The van der Waals surface area contributed by atoms with Gasteiger partial charge in [-0.2, -0.15) is 5.10 Å². The number of aryl methyl sites for hydroxylation is 1. The van der Waals surface area contributed by atoms with Crippen molar-refractivity contribution in [2.24, 2.45) is 0 Å². The summed E-state index contributed by atoms with van der Waals surface area (Å²) in [6.45, 7) is 2.03. The molecule has 4 heteroatoms. The van der Waals surface area contributed by atoms with E-state index < -0.39 is 0 Å². The second kappa shape index (κ2) is 2.72. The van der Waals surface area contributed by atoms with Crippen molar-refractivity contribution in [3.8, 4) is 0 Å². The summed E-state index contributed by atoms with van der Waals surface area (Å²) in [7, 11) is 0. The Balaban J connectivity index is 2.58. The van der Waals surface area contributed by atoms with Gasteiger partial charge in [-0.1, -0.05) is 11.6 Å². The van der Waals surface area contributed by atoms with Crippen LogP contribution in [0.5, 0.6) is 0 Å². The third-order valence-electron chi connectivity index (χ3n) is 2.30. The highest BCUT2D eigenvalue weighted by Gasteiger charge is 2.09. The Labute approximate surface area is 89.5 Å². The summed E-state index contributed by atoms with van der Waals surface area (Å²) in [6, 6.07) is 5.93. The van der Waals surface area contributed by atoms with Gasteiger partial charge in [0.1, 0.15) is 5.52 Å². The van der Waals surface area contributed by atoms with Crippen LogP contribution in [0.25, 0.3) is 20.3 Å². The van der Waals surface area contributed by atoms with Gasteiger partial charge in [-0.05, 0) is 25.1 Å². The van der Waals surface area contributed by atoms with E-state index in [0.717, 1.165) is 21.6 Å². The van der Waals surface area contributed by atoms with Crippen LogP contribution in [0.1, 0.15) is 5.69 Å². The fourth-order valence-electron chi connectivity index (χ4n) is 1.61. The number of aromatic amines is 1. The average Bonchev–Trinajstić information content (AvgIpc) is 2.67. The second-order valence-electron chi connectivity index (χ2n) is 3.27. The SMILES string of the molecule is Cc1[nH]nc2c1sc1ccc(Cl)cc12.